The van der Waals surface area contributed by atoms with Gasteiger partial charge >= 0.3 is 0 Å². The van der Waals surface area contributed by atoms with Gasteiger partial charge in [0.2, 0.25) is 5.82 Å². The third-order valence-corrected chi connectivity index (χ3v) is 2.24. The molecule has 1 heterocycles. The van der Waals surface area contributed by atoms with Crippen LogP contribution in [-0.2, 0) is 6.54 Å². The standard InChI is InChI=1S/C9H6BrN5/c10-8-3-1-2-7(6-8)9-12-14-15(13-9)5-4-11/h1-3,6H,5H2. The van der Waals surface area contributed by atoms with E-state index in [0.29, 0.717) is 5.82 Å². The molecule has 0 unspecified atom stereocenters. The second-order valence-corrected chi connectivity index (χ2v) is 3.73. The minimum absolute atomic E-state index is 0.112. The van der Waals surface area contributed by atoms with Crippen LogP contribution in [0.1, 0.15) is 0 Å². The molecular formula is C9H6BrN5. The Labute approximate surface area is 94.5 Å². The van der Waals surface area contributed by atoms with Crippen LogP contribution in [0, 0.1) is 11.3 Å². The van der Waals surface area contributed by atoms with Crippen molar-refractivity contribution in [3.63, 3.8) is 0 Å². The third kappa shape index (κ3) is 2.19. The highest BCUT2D eigenvalue weighted by Crippen LogP contribution is 2.18. The average molecular weight is 264 g/mol. The second kappa shape index (κ2) is 4.19. The number of rotatable bonds is 2. The Bertz CT molecular complexity index is 513. The van der Waals surface area contributed by atoms with E-state index in [-0.39, 0.29) is 6.54 Å². The first kappa shape index (κ1) is 9.80. The monoisotopic (exact) mass is 263 g/mol. The Kier molecular flexibility index (Phi) is 2.74. The molecule has 0 amide bonds. The Morgan fingerprint density at radius 2 is 2.33 bits per heavy atom. The van der Waals surface area contributed by atoms with Gasteiger partial charge < -0.3 is 0 Å². The highest BCUT2D eigenvalue weighted by atomic mass is 79.9. The molecule has 0 spiro atoms. The van der Waals surface area contributed by atoms with Gasteiger partial charge in [-0.25, -0.2) is 0 Å². The molecule has 2 aromatic rings. The number of aromatic nitrogens is 4. The fourth-order valence-electron chi connectivity index (χ4n) is 1.12. The number of hydrogen-bond donors (Lipinski definition) is 0. The molecule has 0 saturated carbocycles. The summed E-state index contributed by atoms with van der Waals surface area (Å²) in [6, 6.07) is 9.55. The van der Waals surface area contributed by atoms with E-state index in [0.717, 1.165) is 10.0 Å². The van der Waals surface area contributed by atoms with Gasteiger partial charge in [-0.1, -0.05) is 28.1 Å². The maximum atomic E-state index is 8.46. The normalized spacial score (nSPS) is 9.87. The van der Waals surface area contributed by atoms with Crippen molar-refractivity contribution in [3.05, 3.63) is 28.7 Å². The van der Waals surface area contributed by atoms with Crippen LogP contribution in [-0.4, -0.2) is 20.2 Å². The van der Waals surface area contributed by atoms with Crippen LogP contribution in [0.15, 0.2) is 28.7 Å². The van der Waals surface area contributed by atoms with Crippen LogP contribution in [0.25, 0.3) is 11.4 Å². The summed E-state index contributed by atoms with van der Waals surface area (Å²) in [5.41, 5.74) is 0.869. The maximum absolute atomic E-state index is 8.46. The van der Waals surface area contributed by atoms with Gasteiger partial charge in [-0.05, 0) is 17.3 Å². The summed E-state index contributed by atoms with van der Waals surface area (Å²) in [5.74, 6) is 0.520. The Hall–Kier alpha value is -1.74. The van der Waals surface area contributed by atoms with Crippen molar-refractivity contribution < 1.29 is 0 Å². The molecule has 0 saturated heterocycles. The highest BCUT2D eigenvalue weighted by Gasteiger charge is 2.05. The van der Waals surface area contributed by atoms with Crippen molar-refractivity contribution in [1.29, 1.82) is 5.26 Å². The fraction of sp³-hybridized carbons (Fsp3) is 0.111. The van der Waals surface area contributed by atoms with Crippen molar-refractivity contribution in [3.8, 4) is 17.5 Å². The number of halogens is 1. The van der Waals surface area contributed by atoms with Crippen LogP contribution >= 0.6 is 15.9 Å². The van der Waals surface area contributed by atoms with E-state index in [1.54, 1.807) is 0 Å². The van der Waals surface area contributed by atoms with E-state index in [9.17, 15) is 0 Å². The zero-order chi connectivity index (χ0) is 10.7. The molecule has 0 aliphatic carbocycles. The molecule has 0 aliphatic rings. The zero-order valence-electron chi connectivity index (χ0n) is 7.63. The van der Waals surface area contributed by atoms with Crippen molar-refractivity contribution >= 4 is 15.9 Å². The molecule has 0 N–H and O–H groups in total. The second-order valence-electron chi connectivity index (χ2n) is 2.81. The molecule has 0 radical (unpaired) electrons. The number of hydrogen-bond acceptors (Lipinski definition) is 4. The van der Waals surface area contributed by atoms with Crippen LogP contribution < -0.4 is 0 Å². The number of tetrazole rings is 1. The summed E-state index contributed by atoms with van der Waals surface area (Å²) >= 11 is 3.36. The van der Waals surface area contributed by atoms with Gasteiger partial charge in [-0.3, -0.25) is 0 Å². The quantitative estimate of drug-likeness (QED) is 0.826. The minimum Gasteiger partial charge on any atom is -0.196 e. The lowest BCUT2D eigenvalue weighted by molar-refractivity contribution is 0.589. The molecule has 74 valence electrons. The van der Waals surface area contributed by atoms with Gasteiger partial charge in [0.1, 0.15) is 6.54 Å². The first-order valence-electron chi connectivity index (χ1n) is 4.20. The summed E-state index contributed by atoms with van der Waals surface area (Å²) in [7, 11) is 0. The number of benzene rings is 1. The molecule has 6 heteroatoms. The Morgan fingerprint density at radius 1 is 1.47 bits per heavy atom. The molecule has 0 fully saturated rings. The van der Waals surface area contributed by atoms with Crippen molar-refractivity contribution in [2.45, 2.75) is 6.54 Å². The van der Waals surface area contributed by atoms with Gasteiger partial charge in [-0.2, -0.15) is 5.26 Å². The lowest BCUT2D eigenvalue weighted by Gasteiger charge is -1.94. The molecule has 2 rings (SSSR count). The largest absolute Gasteiger partial charge is 0.204 e. The highest BCUT2D eigenvalue weighted by molar-refractivity contribution is 9.10. The predicted octanol–water partition coefficient (Wildman–Crippen LogP) is 1.63. The number of nitrogens with zero attached hydrogens (tertiary/aromatic N) is 5. The van der Waals surface area contributed by atoms with Crippen LogP contribution in [0.5, 0.6) is 0 Å². The lowest BCUT2D eigenvalue weighted by Crippen LogP contribution is -1.99. The van der Waals surface area contributed by atoms with E-state index in [1.165, 1.54) is 4.80 Å². The van der Waals surface area contributed by atoms with E-state index in [4.69, 9.17) is 5.26 Å². The summed E-state index contributed by atoms with van der Waals surface area (Å²) in [6.07, 6.45) is 0. The van der Waals surface area contributed by atoms with E-state index in [1.807, 2.05) is 30.3 Å². The van der Waals surface area contributed by atoms with E-state index >= 15 is 0 Å². The summed E-state index contributed by atoms with van der Waals surface area (Å²) in [6.45, 7) is 0.112. The van der Waals surface area contributed by atoms with E-state index in [2.05, 4.69) is 31.3 Å². The Morgan fingerprint density at radius 3 is 3.07 bits per heavy atom. The number of nitriles is 1. The van der Waals surface area contributed by atoms with Gasteiger partial charge in [0.15, 0.2) is 0 Å². The molecular weight excluding hydrogens is 258 g/mol. The van der Waals surface area contributed by atoms with Crippen molar-refractivity contribution in [2.75, 3.05) is 0 Å². The Balaban J connectivity index is 2.34. The molecule has 0 aliphatic heterocycles. The SMILES string of the molecule is N#CCn1nnc(-c2cccc(Br)c2)n1. The molecule has 15 heavy (non-hydrogen) atoms. The van der Waals surface area contributed by atoms with Crippen LogP contribution in [0.4, 0.5) is 0 Å². The molecule has 5 nitrogen and oxygen atoms in total. The molecule has 1 aromatic heterocycles. The average Bonchev–Trinajstić information content (AvgIpc) is 2.67. The predicted molar refractivity (Wildman–Crippen MR) is 56.6 cm³/mol. The minimum atomic E-state index is 0.112. The molecule has 0 bridgehead atoms. The molecule has 1 aromatic carbocycles. The topological polar surface area (TPSA) is 67.4 Å². The third-order valence-electron chi connectivity index (χ3n) is 1.75. The van der Waals surface area contributed by atoms with Gasteiger partial charge in [0.05, 0.1) is 6.07 Å². The first-order valence-corrected chi connectivity index (χ1v) is 4.99. The van der Waals surface area contributed by atoms with Crippen molar-refractivity contribution in [2.24, 2.45) is 0 Å². The van der Waals surface area contributed by atoms with Gasteiger partial charge in [0, 0.05) is 10.0 Å². The van der Waals surface area contributed by atoms with Crippen LogP contribution in [0.3, 0.4) is 0 Å². The summed E-state index contributed by atoms with van der Waals surface area (Å²) in [5, 5.41) is 20.1. The molecule has 0 atom stereocenters. The van der Waals surface area contributed by atoms with Crippen molar-refractivity contribution in [1.82, 2.24) is 20.2 Å². The zero-order valence-corrected chi connectivity index (χ0v) is 9.22. The summed E-state index contributed by atoms with van der Waals surface area (Å²) in [4.78, 5) is 1.26. The first-order chi connectivity index (χ1) is 7.29. The van der Waals surface area contributed by atoms with Gasteiger partial charge in [-0.15, -0.1) is 15.0 Å². The lowest BCUT2D eigenvalue weighted by atomic mass is 10.2. The smallest absolute Gasteiger partial charge is 0.196 e. The van der Waals surface area contributed by atoms with Gasteiger partial charge in [0.25, 0.3) is 0 Å². The maximum Gasteiger partial charge on any atom is 0.204 e. The fourth-order valence-corrected chi connectivity index (χ4v) is 1.52. The summed E-state index contributed by atoms with van der Waals surface area (Å²) < 4.78 is 0.955. The van der Waals surface area contributed by atoms with Crippen LogP contribution in [0.2, 0.25) is 0 Å². The van der Waals surface area contributed by atoms with E-state index < -0.39 is 0 Å².